The summed E-state index contributed by atoms with van der Waals surface area (Å²) in [4.78, 5) is 12.7. The summed E-state index contributed by atoms with van der Waals surface area (Å²) >= 11 is 5.90. The van der Waals surface area contributed by atoms with Crippen LogP contribution in [0.15, 0.2) is 49.1 Å². The van der Waals surface area contributed by atoms with E-state index in [1.54, 1.807) is 34.0 Å². The Morgan fingerprint density at radius 1 is 1.25 bits per heavy atom. The van der Waals surface area contributed by atoms with Crippen LogP contribution in [0, 0.1) is 5.92 Å². The molecule has 0 saturated heterocycles. The van der Waals surface area contributed by atoms with E-state index >= 15 is 0 Å². The maximum absolute atomic E-state index is 12.7. The Morgan fingerprint density at radius 3 is 2.82 bits per heavy atom. The Bertz CT molecular complexity index is 982. The Balaban J connectivity index is 1.40. The molecule has 146 valence electrons. The van der Waals surface area contributed by atoms with Crippen LogP contribution in [0.2, 0.25) is 5.02 Å². The Labute approximate surface area is 167 Å². The zero-order valence-electron chi connectivity index (χ0n) is 15.5. The minimum atomic E-state index is -0.568. The van der Waals surface area contributed by atoms with E-state index in [9.17, 15) is 9.90 Å². The molecule has 0 aliphatic heterocycles. The number of amides is 1. The molecule has 3 aromatic rings. The van der Waals surface area contributed by atoms with Gasteiger partial charge in [-0.3, -0.25) is 14.2 Å². The number of aromatic nitrogens is 4. The number of aliphatic hydroxyl groups is 1. The van der Waals surface area contributed by atoms with Crippen molar-refractivity contribution in [1.29, 1.82) is 0 Å². The number of aliphatic hydroxyl groups excluding tert-OH is 1. The second kappa shape index (κ2) is 7.77. The van der Waals surface area contributed by atoms with Gasteiger partial charge in [0.2, 0.25) is 0 Å². The fraction of sp³-hybridized carbons (Fsp3) is 0.350. The zero-order valence-corrected chi connectivity index (χ0v) is 16.3. The minimum absolute atomic E-state index is 0.183. The normalized spacial score (nSPS) is 21.8. The van der Waals surface area contributed by atoms with E-state index in [1.165, 1.54) is 0 Å². The van der Waals surface area contributed by atoms with E-state index in [1.807, 2.05) is 31.4 Å². The van der Waals surface area contributed by atoms with Crippen molar-refractivity contribution in [2.75, 3.05) is 0 Å². The maximum Gasteiger partial charge on any atom is 0.251 e. The van der Waals surface area contributed by atoms with Crippen molar-refractivity contribution in [3.8, 4) is 11.1 Å². The van der Waals surface area contributed by atoms with Gasteiger partial charge in [0, 0.05) is 37.1 Å². The first-order valence-corrected chi connectivity index (χ1v) is 9.61. The van der Waals surface area contributed by atoms with E-state index in [0.717, 1.165) is 11.1 Å². The van der Waals surface area contributed by atoms with Crippen LogP contribution in [0.5, 0.6) is 0 Å². The monoisotopic (exact) mass is 399 g/mol. The Morgan fingerprint density at radius 2 is 2.11 bits per heavy atom. The summed E-state index contributed by atoms with van der Waals surface area (Å²) < 4.78 is 3.51. The van der Waals surface area contributed by atoms with Crippen LogP contribution in [-0.2, 0) is 13.6 Å². The summed E-state index contributed by atoms with van der Waals surface area (Å²) in [5.41, 5.74) is 2.45. The third kappa shape index (κ3) is 4.10. The van der Waals surface area contributed by atoms with Crippen LogP contribution in [0.25, 0.3) is 11.1 Å². The highest BCUT2D eigenvalue weighted by atomic mass is 35.5. The van der Waals surface area contributed by atoms with Crippen molar-refractivity contribution in [2.24, 2.45) is 13.0 Å². The van der Waals surface area contributed by atoms with E-state index in [0.29, 0.717) is 30.0 Å². The van der Waals surface area contributed by atoms with Crippen molar-refractivity contribution >= 4 is 17.5 Å². The molecule has 2 N–H and O–H groups in total. The van der Waals surface area contributed by atoms with Crippen LogP contribution >= 0.6 is 11.6 Å². The van der Waals surface area contributed by atoms with Crippen molar-refractivity contribution in [1.82, 2.24) is 24.9 Å². The molecule has 1 unspecified atom stereocenters. The van der Waals surface area contributed by atoms with Gasteiger partial charge in [-0.1, -0.05) is 23.7 Å². The van der Waals surface area contributed by atoms with Crippen LogP contribution < -0.4 is 5.32 Å². The number of hydrogen-bond donors (Lipinski definition) is 2. The lowest BCUT2D eigenvalue weighted by molar-refractivity contribution is 0.0873. The molecule has 0 radical (unpaired) electrons. The van der Waals surface area contributed by atoms with E-state index in [2.05, 4.69) is 15.5 Å². The van der Waals surface area contributed by atoms with E-state index in [-0.39, 0.29) is 17.9 Å². The molecule has 0 spiro atoms. The average molecular weight is 400 g/mol. The number of rotatable bonds is 5. The predicted octanol–water partition coefficient (Wildman–Crippen LogP) is 2.51. The number of halogens is 1. The quantitative estimate of drug-likeness (QED) is 0.690. The van der Waals surface area contributed by atoms with Crippen molar-refractivity contribution in [3.05, 3.63) is 59.6 Å². The summed E-state index contributed by atoms with van der Waals surface area (Å²) in [6.07, 6.45) is 7.80. The molecule has 1 aliphatic carbocycles. The topological polar surface area (TPSA) is 85.0 Å². The largest absolute Gasteiger partial charge is 0.391 e. The molecule has 8 heteroatoms. The number of benzene rings is 1. The second-order valence-corrected chi connectivity index (χ2v) is 7.79. The standard InChI is InChI=1S/C20H22ClN5O2/c1-25-11-16(8-22-25)14-3-2-4-15(7-14)20(28)24-18-5-13(6-19(18)27)10-26-12-17(21)9-23-26/h2-4,7-9,11-13,18-19,27H,5-6,10H2,1H3,(H,24,28)/t13?,18-,19-/m1/s1. The highest BCUT2D eigenvalue weighted by Crippen LogP contribution is 2.28. The molecule has 1 fully saturated rings. The van der Waals surface area contributed by atoms with Gasteiger partial charge in [-0.2, -0.15) is 10.2 Å². The van der Waals surface area contributed by atoms with Crippen molar-refractivity contribution < 1.29 is 9.90 Å². The molecule has 7 nitrogen and oxygen atoms in total. The summed E-state index contributed by atoms with van der Waals surface area (Å²) in [5.74, 6) is 0.0515. The first-order chi connectivity index (χ1) is 13.5. The average Bonchev–Trinajstić information content (AvgIpc) is 3.37. The highest BCUT2D eigenvalue weighted by molar-refractivity contribution is 6.30. The van der Waals surface area contributed by atoms with Gasteiger partial charge in [0.25, 0.3) is 5.91 Å². The van der Waals surface area contributed by atoms with Gasteiger partial charge in [-0.15, -0.1) is 0 Å². The van der Waals surface area contributed by atoms with Crippen LogP contribution in [-0.4, -0.2) is 42.7 Å². The third-order valence-corrected chi connectivity index (χ3v) is 5.35. The molecule has 1 saturated carbocycles. The summed E-state index contributed by atoms with van der Waals surface area (Å²) in [5, 5.41) is 22.3. The summed E-state index contributed by atoms with van der Waals surface area (Å²) in [6.45, 7) is 0.673. The van der Waals surface area contributed by atoms with Crippen molar-refractivity contribution in [3.63, 3.8) is 0 Å². The number of carbonyl (C=O) groups is 1. The van der Waals surface area contributed by atoms with Crippen LogP contribution in [0.1, 0.15) is 23.2 Å². The molecular weight excluding hydrogens is 378 g/mol. The molecule has 4 rings (SSSR count). The van der Waals surface area contributed by atoms with E-state index in [4.69, 9.17) is 11.6 Å². The summed E-state index contributed by atoms with van der Waals surface area (Å²) in [7, 11) is 1.86. The molecule has 1 amide bonds. The van der Waals surface area contributed by atoms with Gasteiger partial charge in [0.05, 0.1) is 29.6 Å². The first kappa shape index (κ1) is 18.7. The predicted molar refractivity (Wildman–Crippen MR) is 106 cm³/mol. The van der Waals surface area contributed by atoms with Crippen LogP contribution in [0.3, 0.4) is 0 Å². The van der Waals surface area contributed by atoms with Gasteiger partial charge in [-0.25, -0.2) is 0 Å². The fourth-order valence-electron chi connectivity index (χ4n) is 3.79. The smallest absolute Gasteiger partial charge is 0.251 e. The lowest BCUT2D eigenvalue weighted by Gasteiger charge is -2.16. The third-order valence-electron chi connectivity index (χ3n) is 5.15. The highest BCUT2D eigenvalue weighted by Gasteiger charge is 2.34. The van der Waals surface area contributed by atoms with Crippen molar-refractivity contribution in [2.45, 2.75) is 31.5 Å². The summed E-state index contributed by atoms with van der Waals surface area (Å²) in [6, 6.07) is 7.15. The van der Waals surface area contributed by atoms with Crippen LogP contribution in [0.4, 0.5) is 0 Å². The minimum Gasteiger partial charge on any atom is -0.391 e. The number of aryl methyl sites for hydroxylation is 1. The van der Waals surface area contributed by atoms with Gasteiger partial charge in [0.1, 0.15) is 0 Å². The number of nitrogens with zero attached hydrogens (tertiary/aromatic N) is 4. The molecular formula is C20H22ClN5O2. The molecule has 1 aromatic carbocycles. The van der Waals surface area contributed by atoms with Gasteiger partial charge in [-0.05, 0) is 36.5 Å². The fourth-order valence-corrected chi connectivity index (χ4v) is 3.94. The van der Waals surface area contributed by atoms with Gasteiger partial charge >= 0.3 is 0 Å². The number of hydrogen-bond acceptors (Lipinski definition) is 4. The molecule has 3 atom stereocenters. The zero-order chi connectivity index (χ0) is 19.7. The SMILES string of the molecule is Cn1cc(-c2cccc(C(=O)N[C@@H]3CC(Cn4cc(Cl)cn4)C[C@H]3O)c2)cn1. The number of nitrogens with one attached hydrogen (secondary N) is 1. The molecule has 0 bridgehead atoms. The molecule has 2 heterocycles. The molecule has 2 aromatic heterocycles. The maximum atomic E-state index is 12.7. The Hall–Kier alpha value is -2.64. The molecule has 28 heavy (non-hydrogen) atoms. The van der Waals surface area contributed by atoms with E-state index < -0.39 is 6.10 Å². The lowest BCUT2D eigenvalue weighted by Crippen LogP contribution is -2.39. The van der Waals surface area contributed by atoms with Gasteiger partial charge in [0.15, 0.2) is 0 Å². The Kier molecular flexibility index (Phi) is 5.19. The lowest BCUT2D eigenvalue weighted by atomic mass is 10.1. The second-order valence-electron chi connectivity index (χ2n) is 7.35. The molecule has 1 aliphatic rings. The first-order valence-electron chi connectivity index (χ1n) is 9.24. The number of carbonyl (C=O) groups excluding carboxylic acids is 1. The van der Waals surface area contributed by atoms with Gasteiger partial charge < -0.3 is 10.4 Å².